The van der Waals surface area contributed by atoms with Gasteiger partial charge < -0.3 is 26.0 Å². The smallest absolute Gasteiger partial charge is 0.436 e. The first-order valence-electron chi connectivity index (χ1n) is 11.9. The number of nitrogens with one attached hydrogen (secondary N) is 4. The zero-order valence-corrected chi connectivity index (χ0v) is 22.7. The molecular weight excluding hydrogens is 563 g/mol. The molecule has 42 heavy (non-hydrogen) atoms. The Balaban J connectivity index is 2.00. The van der Waals surface area contributed by atoms with Crippen molar-refractivity contribution in [3.05, 3.63) is 64.6 Å². The molecule has 0 aliphatic heterocycles. The van der Waals surface area contributed by atoms with Gasteiger partial charge in [-0.1, -0.05) is 6.07 Å². The van der Waals surface area contributed by atoms with Gasteiger partial charge in [0.1, 0.15) is 5.69 Å². The maximum atomic E-state index is 13.6. The van der Waals surface area contributed by atoms with Crippen molar-refractivity contribution in [1.29, 1.82) is 5.41 Å². The van der Waals surface area contributed by atoms with E-state index < -0.39 is 36.3 Å². The molecule has 2 heterocycles. The second-order valence-corrected chi connectivity index (χ2v) is 8.68. The van der Waals surface area contributed by atoms with Gasteiger partial charge in [-0.2, -0.15) is 23.4 Å². The normalized spacial score (nSPS) is 11.5. The Morgan fingerprint density at radius 1 is 1.21 bits per heavy atom. The Labute approximate surface area is 236 Å². The lowest BCUT2D eigenvalue weighted by molar-refractivity contribution is -0.0568. The zero-order valence-electron chi connectivity index (χ0n) is 22.7. The molecular formula is C25H26F3N9O5. The molecule has 0 saturated carbocycles. The molecule has 17 heteroatoms. The molecule has 222 valence electrons. The van der Waals surface area contributed by atoms with Gasteiger partial charge in [-0.05, 0) is 49.2 Å². The largest absolute Gasteiger partial charge is 0.504 e. The number of rotatable bonds is 8. The van der Waals surface area contributed by atoms with E-state index in [9.17, 15) is 32.7 Å². The fourth-order valence-corrected chi connectivity index (χ4v) is 3.66. The minimum absolute atomic E-state index is 0.00547. The number of benzene rings is 1. The first-order chi connectivity index (χ1) is 19.8. The van der Waals surface area contributed by atoms with Crippen LogP contribution < -0.4 is 16.2 Å². The van der Waals surface area contributed by atoms with Gasteiger partial charge >= 0.3 is 12.3 Å². The Hall–Kier alpha value is -5.48. The lowest BCUT2D eigenvalue weighted by Crippen LogP contribution is -2.43. The van der Waals surface area contributed by atoms with Crippen molar-refractivity contribution >= 4 is 35.5 Å². The molecule has 0 aliphatic carbocycles. The lowest BCUT2D eigenvalue weighted by Gasteiger charge is -2.19. The molecule has 3 amide bonds. The number of aromatic hydroxyl groups is 1. The highest BCUT2D eigenvalue weighted by Gasteiger charge is 2.34. The van der Waals surface area contributed by atoms with E-state index in [0.717, 1.165) is 16.8 Å². The number of pyridine rings is 1. The Morgan fingerprint density at radius 3 is 2.55 bits per heavy atom. The molecule has 0 saturated heterocycles. The maximum absolute atomic E-state index is 13.6. The van der Waals surface area contributed by atoms with E-state index in [1.54, 1.807) is 19.9 Å². The number of hydrogen-bond donors (Lipinski definition) is 5. The second kappa shape index (κ2) is 12.8. The van der Waals surface area contributed by atoms with Crippen LogP contribution in [0.1, 0.15) is 37.7 Å². The molecule has 0 unspecified atom stereocenters. The molecule has 0 fully saturated rings. The SMILES string of the molecule is COC(=O)N(C)NC(=O)c1cc(C)cc(C)c1NC(=O)c1cc(CN/N=C(\C=N)C(F)(F)F)nn1-c1ncccc1O. The summed E-state index contributed by atoms with van der Waals surface area (Å²) in [5, 5.41) is 28.0. The van der Waals surface area contributed by atoms with Gasteiger partial charge in [0.05, 0.1) is 36.8 Å². The summed E-state index contributed by atoms with van der Waals surface area (Å²) in [7, 11) is 2.40. The van der Waals surface area contributed by atoms with Gasteiger partial charge in [0.2, 0.25) is 0 Å². The molecule has 2 aromatic heterocycles. The van der Waals surface area contributed by atoms with E-state index in [-0.39, 0.29) is 40.4 Å². The number of nitrogens with zero attached hydrogens (tertiary/aromatic N) is 5. The maximum Gasteiger partial charge on any atom is 0.436 e. The van der Waals surface area contributed by atoms with Gasteiger partial charge in [0, 0.05) is 13.2 Å². The first-order valence-corrected chi connectivity index (χ1v) is 11.9. The predicted molar refractivity (Wildman–Crippen MR) is 144 cm³/mol. The van der Waals surface area contributed by atoms with E-state index in [1.807, 2.05) is 0 Å². The Bertz CT molecular complexity index is 1550. The van der Waals surface area contributed by atoms with Gasteiger partial charge in [0.25, 0.3) is 11.8 Å². The average Bonchev–Trinajstić information content (AvgIpc) is 3.35. The molecule has 5 N–H and O–H groups in total. The number of aromatic nitrogens is 3. The Kier molecular flexibility index (Phi) is 9.46. The van der Waals surface area contributed by atoms with Crippen LogP contribution in [0.25, 0.3) is 5.82 Å². The summed E-state index contributed by atoms with van der Waals surface area (Å²) >= 11 is 0. The van der Waals surface area contributed by atoms with Crippen LogP contribution in [0, 0.1) is 19.3 Å². The number of hydrogen-bond acceptors (Lipinski definition) is 10. The molecule has 0 radical (unpaired) electrons. The van der Waals surface area contributed by atoms with Crippen molar-refractivity contribution in [1.82, 2.24) is 30.6 Å². The zero-order chi connectivity index (χ0) is 31.2. The van der Waals surface area contributed by atoms with Gasteiger partial charge in [-0.25, -0.2) is 19.5 Å². The first kappa shape index (κ1) is 31.1. The number of alkyl halides is 3. The number of hydrazine groups is 1. The number of ether oxygens (including phenoxy) is 1. The molecule has 0 atom stereocenters. The number of carbonyl (C=O) groups is 3. The van der Waals surface area contributed by atoms with Crippen molar-refractivity contribution < 1.29 is 37.4 Å². The van der Waals surface area contributed by atoms with Crippen molar-refractivity contribution in [2.45, 2.75) is 26.6 Å². The number of hydrazone groups is 1. The van der Waals surface area contributed by atoms with E-state index in [2.05, 4.69) is 36.1 Å². The number of carbonyl (C=O) groups excluding carboxylic acids is 3. The summed E-state index contributed by atoms with van der Waals surface area (Å²) in [6.45, 7) is 2.97. The molecule has 3 aromatic rings. The highest BCUT2D eigenvalue weighted by molar-refractivity contribution is 6.32. The van der Waals surface area contributed by atoms with Crippen molar-refractivity contribution in [3.8, 4) is 11.6 Å². The van der Waals surface area contributed by atoms with Gasteiger partial charge in [-0.15, -0.1) is 0 Å². The number of amides is 3. The highest BCUT2D eigenvalue weighted by Crippen LogP contribution is 2.26. The molecule has 1 aromatic carbocycles. The van der Waals surface area contributed by atoms with Gasteiger partial charge in [-0.3, -0.25) is 15.0 Å². The predicted octanol–water partition coefficient (Wildman–Crippen LogP) is 2.84. The van der Waals surface area contributed by atoms with Gasteiger partial charge in [0.15, 0.2) is 17.3 Å². The van der Waals surface area contributed by atoms with Crippen molar-refractivity contribution in [3.63, 3.8) is 0 Å². The van der Waals surface area contributed by atoms with Crippen LogP contribution in [0.5, 0.6) is 5.75 Å². The average molecular weight is 590 g/mol. The van der Waals surface area contributed by atoms with Crippen LogP contribution in [0.3, 0.4) is 0 Å². The topological polar surface area (TPSA) is 187 Å². The lowest BCUT2D eigenvalue weighted by atomic mass is 10.0. The minimum Gasteiger partial charge on any atom is -0.504 e. The highest BCUT2D eigenvalue weighted by atomic mass is 19.4. The molecule has 0 spiro atoms. The number of anilines is 1. The molecule has 3 rings (SSSR count). The van der Waals surface area contributed by atoms with Crippen LogP contribution in [0.15, 0.2) is 41.6 Å². The Morgan fingerprint density at radius 2 is 1.93 bits per heavy atom. The fourth-order valence-electron chi connectivity index (χ4n) is 3.66. The van der Waals surface area contributed by atoms with Crippen molar-refractivity contribution in [2.75, 3.05) is 19.5 Å². The summed E-state index contributed by atoms with van der Waals surface area (Å²) in [5.74, 6) is -2.07. The standard InChI is InChI=1S/C25H26F3N9O5/c1-13-8-14(2)20(16(9-13)22(39)35-36(3)24(41)42-4)32-23(40)17-10-15(12-31-33-19(11-29)25(26,27)28)34-37(17)21-18(38)6-5-7-30-21/h5-11,29,31,38H,12H2,1-4H3,(H,32,40)(H,35,39)/b29-11?,33-19+. The third-order valence-corrected chi connectivity index (χ3v) is 5.53. The van der Waals surface area contributed by atoms with Crippen LogP contribution in [0.4, 0.5) is 23.7 Å². The molecule has 0 aliphatic rings. The quantitative estimate of drug-likeness (QED) is 0.196. The van der Waals surface area contributed by atoms with Crippen LogP contribution >= 0.6 is 0 Å². The third kappa shape index (κ3) is 7.18. The second-order valence-electron chi connectivity index (χ2n) is 8.68. The number of aryl methyl sites for hydroxylation is 2. The fraction of sp³-hybridized carbons (Fsp3) is 0.240. The summed E-state index contributed by atoms with van der Waals surface area (Å²) in [6, 6.07) is 7.13. The summed E-state index contributed by atoms with van der Waals surface area (Å²) in [5.41, 5.74) is 4.10. The minimum atomic E-state index is -4.86. The van der Waals surface area contributed by atoms with E-state index in [4.69, 9.17) is 5.41 Å². The van der Waals surface area contributed by atoms with Crippen molar-refractivity contribution in [2.24, 2.45) is 5.10 Å². The summed E-state index contributed by atoms with van der Waals surface area (Å²) in [4.78, 5) is 42.4. The van der Waals surface area contributed by atoms with Crippen LogP contribution in [-0.4, -0.2) is 75.0 Å². The third-order valence-electron chi connectivity index (χ3n) is 5.53. The van der Waals surface area contributed by atoms with E-state index >= 15 is 0 Å². The summed E-state index contributed by atoms with van der Waals surface area (Å²) in [6.07, 6.45) is -4.34. The summed E-state index contributed by atoms with van der Waals surface area (Å²) < 4.78 is 44.2. The van der Waals surface area contributed by atoms with Crippen LogP contribution in [-0.2, 0) is 11.3 Å². The molecule has 14 nitrogen and oxygen atoms in total. The number of methoxy groups -OCH3 is 1. The number of halogens is 3. The van der Waals surface area contributed by atoms with E-state index in [0.29, 0.717) is 11.1 Å². The van der Waals surface area contributed by atoms with Crippen LogP contribution in [0.2, 0.25) is 0 Å². The molecule has 0 bridgehead atoms. The van der Waals surface area contributed by atoms with E-state index in [1.165, 1.54) is 37.5 Å². The monoisotopic (exact) mass is 589 g/mol.